The number of carbonyl (C=O) groups is 4. The second-order valence-corrected chi connectivity index (χ2v) is 8.14. The van der Waals surface area contributed by atoms with Gasteiger partial charge in [-0.1, -0.05) is 48.5 Å². The van der Waals surface area contributed by atoms with Crippen LogP contribution >= 0.6 is 0 Å². The number of carbonyl (C=O) groups excluding carboxylic acids is 3. The van der Waals surface area contributed by atoms with Crippen molar-refractivity contribution in [2.45, 2.75) is 37.3 Å². The summed E-state index contributed by atoms with van der Waals surface area (Å²) in [7, 11) is 1.18. The summed E-state index contributed by atoms with van der Waals surface area (Å²) in [4.78, 5) is 46.7. The van der Waals surface area contributed by atoms with Crippen LogP contribution < -0.4 is 10.6 Å². The predicted octanol–water partition coefficient (Wildman–Crippen LogP) is 1.80. The van der Waals surface area contributed by atoms with Gasteiger partial charge in [-0.05, 0) is 28.7 Å². The number of hydrogen-bond acceptors (Lipinski definition) is 7. The molecular weight excluding hydrogens is 456 g/mol. The van der Waals surface area contributed by atoms with E-state index in [0.29, 0.717) is 0 Å². The van der Waals surface area contributed by atoms with E-state index in [1.54, 1.807) is 0 Å². The van der Waals surface area contributed by atoms with Crippen LogP contribution in [0.1, 0.15) is 36.3 Å². The number of ether oxygens (including phenoxy) is 2. The van der Waals surface area contributed by atoms with E-state index in [1.807, 2.05) is 48.5 Å². The molecule has 1 aliphatic rings. The zero-order chi connectivity index (χ0) is 25.4. The van der Waals surface area contributed by atoms with Crippen molar-refractivity contribution in [1.82, 2.24) is 10.6 Å². The Morgan fingerprint density at radius 2 is 1.60 bits per heavy atom. The zero-order valence-corrected chi connectivity index (χ0v) is 19.2. The zero-order valence-electron chi connectivity index (χ0n) is 19.2. The lowest BCUT2D eigenvalue weighted by Crippen LogP contribution is -2.43. The number of esters is 1. The van der Waals surface area contributed by atoms with Crippen LogP contribution in [0.2, 0.25) is 0 Å². The fourth-order valence-corrected chi connectivity index (χ4v) is 4.01. The molecule has 1 unspecified atom stereocenters. The van der Waals surface area contributed by atoms with Gasteiger partial charge >= 0.3 is 18.0 Å². The second-order valence-electron chi connectivity index (χ2n) is 8.14. The molecule has 0 radical (unpaired) electrons. The largest absolute Gasteiger partial charge is 0.480 e. The van der Waals surface area contributed by atoms with Gasteiger partial charge in [0.15, 0.2) is 0 Å². The molecule has 0 saturated heterocycles. The van der Waals surface area contributed by atoms with E-state index in [9.17, 15) is 29.4 Å². The summed E-state index contributed by atoms with van der Waals surface area (Å²) < 4.78 is 9.83. The molecule has 0 aromatic heterocycles. The highest BCUT2D eigenvalue weighted by molar-refractivity contribution is 5.84. The Labute approximate surface area is 202 Å². The Morgan fingerprint density at radius 3 is 2.17 bits per heavy atom. The number of hydrogen-bond donors (Lipinski definition) is 4. The Hall–Kier alpha value is -3.92. The number of aliphatic hydroxyl groups excluding tert-OH is 1. The Bertz CT molecular complexity index is 1040. The van der Waals surface area contributed by atoms with E-state index in [0.717, 1.165) is 22.3 Å². The van der Waals surface area contributed by atoms with Crippen LogP contribution in [0.15, 0.2) is 48.5 Å². The van der Waals surface area contributed by atoms with Crippen molar-refractivity contribution in [2.24, 2.45) is 0 Å². The third-order valence-electron chi connectivity index (χ3n) is 5.74. The minimum absolute atomic E-state index is 0.108. The molecule has 10 heteroatoms. The Morgan fingerprint density at radius 1 is 1.00 bits per heavy atom. The van der Waals surface area contributed by atoms with Crippen molar-refractivity contribution in [2.75, 3.05) is 20.3 Å². The third-order valence-corrected chi connectivity index (χ3v) is 5.74. The summed E-state index contributed by atoms with van der Waals surface area (Å²) in [5.41, 5.74) is 4.34. The number of fused-ring (bicyclic) bond motifs is 3. The molecule has 2 atom stereocenters. The van der Waals surface area contributed by atoms with Crippen molar-refractivity contribution < 1.29 is 38.9 Å². The molecule has 186 valence electrons. The highest BCUT2D eigenvalue weighted by atomic mass is 16.5. The molecule has 2 aromatic rings. The topological polar surface area (TPSA) is 151 Å². The smallest absolute Gasteiger partial charge is 0.407 e. The van der Waals surface area contributed by atoms with Gasteiger partial charge < -0.3 is 30.3 Å². The van der Waals surface area contributed by atoms with E-state index < -0.39 is 42.5 Å². The van der Waals surface area contributed by atoms with E-state index in [2.05, 4.69) is 15.4 Å². The Balaban J connectivity index is 1.44. The quantitative estimate of drug-likeness (QED) is 0.353. The number of alkyl carbamates (subject to hydrolysis) is 1. The molecule has 0 bridgehead atoms. The van der Waals surface area contributed by atoms with Crippen molar-refractivity contribution >= 4 is 23.9 Å². The minimum atomic E-state index is -1.31. The second kappa shape index (κ2) is 12.0. The number of aliphatic hydroxyl groups is 1. The van der Waals surface area contributed by atoms with Gasteiger partial charge in [-0.25, -0.2) is 9.59 Å². The number of carboxylic acids is 1. The van der Waals surface area contributed by atoms with Crippen molar-refractivity contribution in [1.29, 1.82) is 0 Å². The van der Waals surface area contributed by atoms with E-state index in [-0.39, 0.29) is 31.9 Å². The molecule has 0 heterocycles. The maximum atomic E-state index is 12.2. The van der Waals surface area contributed by atoms with Crippen LogP contribution in [0.3, 0.4) is 0 Å². The van der Waals surface area contributed by atoms with Gasteiger partial charge in [0.25, 0.3) is 0 Å². The highest BCUT2D eigenvalue weighted by Crippen LogP contribution is 2.44. The molecule has 35 heavy (non-hydrogen) atoms. The first kappa shape index (κ1) is 25.7. The van der Waals surface area contributed by atoms with Crippen molar-refractivity contribution in [3.05, 3.63) is 59.7 Å². The molecular formula is C25H28N2O8. The molecule has 0 saturated carbocycles. The normalized spacial score (nSPS) is 13.7. The fourth-order valence-electron chi connectivity index (χ4n) is 4.01. The average molecular weight is 485 g/mol. The van der Waals surface area contributed by atoms with Gasteiger partial charge in [0, 0.05) is 18.9 Å². The number of carboxylic acid groups (broad SMARTS) is 1. The lowest BCUT2D eigenvalue weighted by atomic mass is 9.98. The maximum absolute atomic E-state index is 12.2. The monoisotopic (exact) mass is 484 g/mol. The van der Waals surface area contributed by atoms with E-state index >= 15 is 0 Å². The first-order valence-corrected chi connectivity index (χ1v) is 11.2. The van der Waals surface area contributed by atoms with Crippen LogP contribution in [0.4, 0.5) is 4.79 Å². The van der Waals surface area contributed by atoms with Crippen LogP contribution in [-0.2, 0) is 23.9 Å². The third kappa shape index (κ3) is 6.80. The predicted molar refractivity (Wildman–Crippen MR) is 125 cm³/mol. The van der Waals surface area contributed by atoms with Crippen molar-refractivity contribution in [3.63, 3.8) is 0 Å². The van der Waals surface area contributed by atoms with E-state index in [4.69, 9.17) is 4.74 Å². The van der Waals surface area contributed by atoms with Gasteiger partial charge in [0.05, 0.1) is 19.6 Å². The van der Waals surface area contributed by atoms with Crippen LogP contribution in [0.25, 0.3) is 11.1 Å². The summed E-state index contributed by atoms with van der Waals surface area (Å²) >= 11 is 0. The number of methoxy groups -OCH3 is 1. The average Bonchev–Trinajstić information content (AvgIpc) is 3.17. The minimum Gasteiger partial charge on any atom is -0.480 e. The van der Waals surface area contributed by atoms with Crippen LogP contribution in [-0.4, -0.2) is 66.6 Å². The van der Waals surface area contributed by atoms with Gasteiger partial charge in [-0.2, -0.15) is 0 Å². The van der Waals surface area contributed by atoms with Crippen LogP contribution in [0.5, 0.6) is 0 Å². The van der Waals surface area contributed by atoms with Gasteiger partial charge in [-0.3, -0.25) is 9.59 Å². The molecule has 10 nitrogen and oxygen atoms in total. The van der Waals surface area contributed by atoms with Gasteiger partial charge in [0.2, 0.25) is 5.91 Å². The first-order valence-electron chi connectivity index (χ1n) is 11.2. The van der Waals surface area contributed by atoms with E-state index in [1.165, 1.54) is 7.11 Å². The lowest BCUT2D eigenvalue weighted by Gasteiger charge is -2.17. The molecule has 2 amide bonds. The first-order chi connectivity index (χ1) is 16.8. The number of nitrogens with one attached hydrogen (secondary N) is 2. The SMILES string of the molecule is COC(=O)CC[C@@H](NC(=O)CC(O)CNC(=O)OCC1c2ccccc2-c2ccccc21)C(=O)O. The molecule has 1 aliphatic carbocycles. The van der Waals surface area contributed by atoms with Crippen molar-refractivity contribution in [3.8, 4) is 11.1 Å². The molecule has 0 spiro atoms. The summed E-state index contributed by atoms with van der Waals surface area (Å²) in [5.74, 6) is -2.75. The number of benzene rings is 2. The molecule has 3 rings (SSSR count). The summed E-state index contributed by atoms with van der Waals surface area (Å²) in [6.07, 6.45) is -2.77. The molecule has 0 fully saturated rings. The molecule has 2 aromatic carbocycles. The maximum Gasteiger partial charge on any atom is 0.407 e. The number of rotatable bonds is 11. The van der Waals surface area contributed by atoms with Crippen LogP contribution in [0, 0.1) is 0 Å². The summed E-state index contributed by atoms with van der Waals surface area (Å²) in [6, 6.07) is 14.5. The summed E-state index contributed by atoms with van der Waals surface area (Å²) in [5, 5.41) is 23.9. The van der Waals surface area contributed by atoms with Gasteiger partial charge in [0.1, 0.15) is 12.6 Å². The lowest BCUT2D eigenvalue weighted by molar-refractivity contribution is -0.144. The highest BCUT2D eigenvalue weighted by Gasteiger charge is 2.29. The Kier molecular flexibility index (Phi) is 8.80. The fraction of sp³-hybridized carbons (Fsp3) is 0.360. The molecule has 0 aliphatic heterocycles. The summed E-state index contributed by atoms with van der Waals surface area (Å²) in [6.45, 7) is -0.152. The number of amides is 2. The number of aliphatic carboxylic acids is 1. The standard InChI is InChI=1S/C25H28N2O8/c1-34-23(30)11-10-21(24(31)32)27-22(29)12-15(28)13-26-25(33)35-14-20-18-8-4-2-6-16(18)17-7-3-5-9-19(17)20/h2-9,15,20-21,28H,10-14H2,1H3,(H,26,33)(H,27,29)(H,31,32)/t15?,21-/m1/s1. The van der Waals surface area contributed by atoms with Gasteiger partial charge in [-0.15, -0.1) is 0 Å². The molecule has 4 N–H and O–H groups in total.